The van der Waals surface area contributed by atoms with E-state index < -0.39 is 24.3 Å². The molecule has 0 saturated heterocycles. The van der Waals surface area contributed by atoms with Crippen LogP contribution in [-0.2, 0) is 14.4 Å². The van der Waals surface area contributed by atoms with Gasteiger partial charge in [0.25, 0.3) is 0 Å². The van der Waals surface area contributed by atoms with Gasteiger partial charge in [0, 0.05) is 6.54 Å². The normalized spacial score (nSPS) is 11.8. The summed E-state index contributed by atoms with van der Waals surface area (Å²) in [6, 6.07) is -1.00. The third kappa shape index (κ3) is 12.4. The first-order valence-corrected chi connectivity index (χ1v) is 6.65. The number of amides is 1. The van der Waals surface area contributed by atoms with E-state index in [0.29, 0.717) is 19.3 Å². The second kappa shape index (κ2) is 11.4. The number of rotatable bonds is 11. The van der Waals surface area contributed by atoms with E-state index >= 15 is 0 Å². The summed E-state index contributed by atoms with van der Waals surface area (Å²) in [5, 5.41) is 10.8. The maximum Gasteiger partial charge on any atom is 0.305 e. The first-order chi connectivity index (χ1) is 9.95. The number of carbonyl (C=O) groups excluding carboxylic acids is 2. The van der Waals surface area contributed by atoms with Crippen molar-refractivity contribution in [2.75, 3.05) is 6.54 Å². The maximum atomic E-state index is 11.4. The highest BCUT2D eigenvalue weighted by molar-refractivity contribution is 5.90. The van der Waals surface area contributed by atoms with Gasteiger partial charge in [-0.2, -0.15) is 0 Å². The third-order valence-electron chi connectivity index (χ3n) is 2.48. The van der Waals surface area contributed by atoms with Crippen LogP contribution in [0.3, 0.4) is 0 Å². The number of aliphatic carboxylic acids is 1. The average molecular weight is 298 g/mol. The number of aldehydes is 1. The highest BCUT2D eigenvalue weighted by atomic mass is 16.4. The first-order valence-electron chi connectivity index (χ1n) is 6.65. The van der Waals surface area contributed by atoms with Gasteiger partial charge in [-0.05, 0) is 25.3 Å². The van der Waals surface area contributed by atoms with Gasteiger partial charge in [-0.3, -0.25) is 14.6 Å². The molecule has 6 N–H and O–H groups in total. The molecule has 0 heterocycles. The molecule has 0 aromatic carbocycles. The van der Waals surface area contributed by atoms with Crippen LogP contribution in [0.4, 0.5) is 0 Å². The van der Waals surface area contributed by atoms with Crippen LogP contribution in [0.25, 0.3) is 0 Å². The Morgan fingerprint density at radius 1 is 1.24 bits per heavy atom. The monoisotopic (exact) mass is 298 g/mol. The molecule has 21 heavy (non-hydrogen) atoms. The van der Waals surface area contributed by atoms with Crippen LogP contribution >= 0.6 is 0 Å². The molecular formula is C13H22N4O4. The molecule has 0 radical (unpaired) electrons. The predicted molar refractivity (Wildman–Crippen MR) is 78.5 cm³/mol. The zero-order valence-corrected chi connectivity index (χ0v) is 11.8. The lowest BCUT2D eigenvalue weighted by atomic mass is 10.2. The van der Waals surface area contributed by atoms with Crippen molar-refractivity contribution in [3.8, 4) is 0 Å². The minimum Gasteiger partial charge on any atom is -0.481 e. The fourth-order valence-electron chi connectivity index (χ4n) is 1.50. The molecule has 118 valence electrons. The number of guanidine groups is 1. The maximum absolute atomic E-state index is 11.4. The molecule has 1 amide bonds. The topological polar surface area (TPSA) is 148 Å². The smallest absolute Gasteiger partial charge is 0.305 e. The van der Waals surface area contributed by atoms with Crippen molar-refractivity contribution < 1.29 is 19.5 Å². The van der Waals surface area contributed by atoms with E-state index in [1.54, 1.807) is 6.08 Å². The third-order valence-corrected chi connectivity index (χ3v) is 2.48. The van der Waals surface area contributed by atoms with Gasteiger partial charge >= 0.3 is 5.97 Å². The summed E-state index contributed by atoms with van der Waals surface area (Å²) in [4.78, 5) is 36.2. The van der Waals surface area contributed by atoms with E-state index in [-0.39, 0.29) is 5.96 Å². The molecule has 1 atom stereocenters. The van der Waals surface area contributed by atoms with Crippen molar-refractivity contribution in [1.82, 2.24) is 5.32 Å². The summed E-state index contributed by atoms with van der Waals surface area (Å²) in [6.45, 7) is 0.586. The number of nitrogens with zero attached hydrogens (tertiary/aromatic N) is 1. The van der Waals surface area contributed by atoms with Gasteiger partial charge in [0.2, 0.25) is 5.91 Å². The number of carboxylic acids is 1. The Balaban J connectivity index is 3.77. The molecule has 0 saturated carbocycles. The second-order valence-electron chi connectivity index (χ2n) is 4.41. The molecule has 0 aromatic heterocycles. The molecule has 0 aliphatic carbocycles. The fraction of sp³-hybridized carbons (Fsp3) is 0.538. The summed E-state index contributed by atoms with van der Waals surface area (Å²) in [5.74, 6) is -1.54. The van der Waals surface area contributed by atoms with E-state index in [2.05, 4.69) is 10.3 Å². The van der Waals surface area contributed by atoms with E-state index in [9.17, 15) is 14.4 Å². The molecule has 0 unspecified atom stereocenters. The van der Waals surface area contributed by atoms with Crippen LogP contribution < -0.4 is 16.8 Å². The first kappa shape index (κ1) is 18.6. The van der Waals surface area contributed by atoms with Gasteiger partial charge in [0.15, 0.2) is 5.96 Å². The SMILES string of the molecule is NC(N)=NCCCCCC=CC(=O)N[C@H](C=O)CC(=O)O. The Bertz CT molecular complexity index is 403. The number of hydrogen-bond donors (Lipinski definition) is 4. The standard InChI is InChI=1S/C13H22N4O4/c14-13(15)16-7-5-3-1-2-4-6-11(19)17-10(9-18)8-12(20)21/h4,6,9-10H,1-3,5,7-8H2,(H,17,19)(H,20,21)(H4,14,15,16)/t10-/m0/s1. The Morgan fingerprint density at radius 2 is 1.95 bits per heavy atom. The second-order valence-corrected chi connectivity index (χ2v) is 4.41. The molecule has 0 spiro atoms. The molecule has 0 aromatic rings. The lowest BCUT2D eigenvalue weighted by Gasteiger charge is -2.07. The highest BCUT2D eigenvalue weighted by Gasteiger charge is 2.13. The Morgan fingerprint density at radius 3 is 2.52 bits per heavy atom. The van der Waals surface area contributed by atoms with Gasteiger partial charge < -0.3 is 26.7 Å². The molecule has 8 heteroatoms. The van der Waals surface area contributed by atoms with E-state index in [1.165, 1.54) is 6.08 Å². The van der Waals surface area contributed by atoms with Gasteiger partial charge in [0.05, 0.1) is 12.5 Å². The number of allylic oxidation sites excluding steroid dienone is 1. The van der Waals surface area contributed by atoms with Crippen molar-refractivity contribution in [3.05, 3.63) is 12.2 Å². The summed E-state index contributed by atoms with van der Waals surface area (Å²) >= 11 is 0. The Labute approximate surface area is 123 Å². The van der Waals surface area contributed by atoms with Gasteiger partial charge in [0.1, 0.15) is 6.29 Å². The number of hydrogen-bond acceptors (Lipinski definition) is 4. The molecule has 0 aliphatic heterocycles. The zero-order chi connectivity index (χ0) is 16.1. The number of carbonyl (C=O) groups is 3. The molecule has 0 bridgehead atoms. The Hall–Kier alpha value is -2.38. The lowest BCUT2D eigenvalue weighted by Crippen LogP contribution is -2.36. The highest BCUT2D eigenvalue weighted by Crippen LogP contribution is 2.01. The summed E-state index contributed by atoms with van der Waals surface area (Å²) in [5.41, 5.74) is 10.4. The van der Waals surface area contributed by atoms with Crippen molar-refractivity contribution in [2.45, 2.75) is 38.1 Å². The van der Waals surface area contributed by atoms with Crippen LogP contribution in [0.5, 0.6) is 0 Å². The number of nitrogens with one attached hydrogen (secondary N) is 1. The van der Waals surface area contributed by atoms with Crippen molar-refractivity contribution in [1.29, 1.82) is 0 Å². The van der Waals surface area contributed by atoms with Crippen LogP contribution in [0.15, 0.2) is 17.1 Å². The summed E-state index contributed by atoms with van der Waals surface area (Å²) < 4.78 is 0. The minimum absolute atomic E-state index is 0.0812. The summed E-state index contributed by atoms with van der Waals surface area (Å²) in [7, 11) is 0. The van der Waals surface area contributed by atoms with Crippen molar-refractivity contribution in [3.63, 3.8) is 0 Å². The number of nitrogens with two attached hydrogens (primary N) is 2. The predicted octanol–water partition coefficient (Wildman–Crippen LogP) is -0.465. The van der Waals surface area contributed by atoms with E-state index in [0.717, 1.165) is 19.3 Å². The Kier molecular flexibility index (Phi) is 10.1. The molecule has 0 aliphatic rings. The fourth-order valence-corrected chi connectivity index (χ4v) is 1.50. The molecule has 0 rings (SSSR count). The quantitative estimate of drug-likeness (QED) is 0.133. The lowest BCUT2D eigenvalue weighted by molar-refractivity contribution is -0.138. The minimum atomic E-state index is -1.14. The number of unbranched alkanes of at least 4 members (excludes halogenated alkanes) is 3. The van der Waals surface area contributed by atoms with E-state index in [4.69, 9.17) is 16.6 Å². The van der Waals surface area contributed by atoms with Crippen LogP contribution in [0.1, 0.15) is 32.1 Å². The largest absolute Gasteiger partial charge is 0.481 e. The average Bonchev–Trinajstić information content (AvgIpc) is 2.40. The van der Waals surface area contributed by atoms with Crippen LogP contribution in [0.2, 0.25) is 0 Å². The van der Waals surface area contributed by atoms with Crippen LogP contribution in [-0.4, -0.2) is 41.8 Å². The number of carboxylic acid groups (broad SMARTS) is 1. The zero-order valence-electron chi connectivity index (χ0n) is 11.8. The molecular weight excluding hydrogens is 276 g/mol. The molecule has 8 nitrogen and oxygen atoms in total. The van der Waals surface area contributed by atoms with Gasteiger partial charge in [-0.25, -0.2) is 0 Å². The van der Waals surface area contributed by atoms with Crippen molar-refractivity contribution >= 4 is 24.1 Å². The van der Waals surface area contributed by atoms with Crippen molar-refractivity contribution in [2.24, 2.45) is 16.5 Å². The van der Waals surface area contributed by atoms with Gasteiger partial charge in [-0.15, -0.1) is 0 Å². The molecule has 0 fully saturated rings. The summed E-state index contributed by atoms with van der Waals surface area (Å²) in [6.07, 6.45) is 6.35. The van der Waals surface area contributed by atoms with Crippen LogP contribution in [0, 0.1) is 0 Å². The number of aliphatic imine (C=N–C) groups is 1. The van der Waals surface area contributed by atoms with Gasteiger partial charge in [-0.1, -0.05) is 12.5 Å². The van der Waals surface area contributed by atoms with E-state index in [1.807, 2.05) is 0 Å².